The number of carbonyl (C=O) groups excluding carboxylic acids is 1. The summed E-state index contributed by atoms with van der Waals surface area (Å²) in [7, 11) is 1.60. The Morgan fingerprint density at radius 2 is 1.86 bits per heavy atom. The molecule has 0 radical (unpaired) electrons. The van der Waals surface area contributed by atoms with E-state index in [0.717, 1.165) is 11.4 Å². The molecule has 2 aromatic heterocycles. The number of nitrogens with zero attached hydrogens (tertiary/aromatic N) is 4. The van der Waals surface area contributed by atoms with E-state index >= 15 is 0 Å². The van der Waals surface area contributed by atoms with Crippen LogP contribution in [0, 0.1) is 5.82 Å². The molecule has 4 rings (SSSR count). The summed E-state index contributed by atoms with van der Waals surface area (Å²) < 4.78 is 20.4. The second-order valence-electron chi connectivity index (χ2n) is 6.79. The molecule has 1 fully saturated rings. The van der Waals surface area contributed by atoms with Gasteiger partial charge in [-0.3, -0.25) is 9.20 Å². The van der Waals surface area contributed by atoms with Crippen LogP contribution in [0.1, 0.15) is 23.1 Å². The number of anilines is 1. The van der Waals surface area contributed by atoms with E-state index in [1.165, 1.54) is 12.1 Å². The van der Waals surface area contributed by atoms with Gasteiger partial charge in [0, 0.05) is 38.1 Å². The van der Waals surface area contributed by atoms with Gasteiger partial charge in [0.25, 0.3) is 5.91 Å². The molecule has 1 amide bonds. The van der Waals surface area contributed by atoms with Crippen molar-refractivity contribution in [2.24, 2.45) is 0 Å². The highest BCUT2D eigenvalue weighted by Crippen LogP contribution is 2.24. The number of amides is 1. The molecule has 146 valence electrons. The van der Waals surface area contributed by atoms with Gasteiger partial charge in [-0.05, 0) is 42.8 Å². The van der Waals surface area contributed by atoms with E-state index in [2.05, 4.69) is 9.88 Å². The summed E-state index contributed by atoms with van der Waals surface area (Å²) in [5.41, 5.74) is 3.01. The molecule has 0 N–H and O–H groups in total. The Morgan fingerprint density at radius 1 is 1.14 bits per heavy atom. The monoisotopic (exact) mass is 382 g/mol. The summed E-state index contributed by atoms with van der Waals surface area (Å²) in [6.07, 6.45) is 2.52. The number of imidazole rings is 1. The van der Waals surface area contributed by atoms with Crippen molar-refractivity contribution in [3.63, 3.8) is 0 Å². The van der Waals surface area contributed by atoms with E-state index in [1.54, 1.807) is 19.2 Å². The summed E-state index contributed by atoms with van der Waals surface area (Å²) in [6, 6.07) is 10.2. The Hall–Kier alpha value is -3.09. The molecule has 1 aliphatic rings. The summed E-state index contributed by atoms with van der Waals surface area (Å²) >= 11 is 0. The van der Waals surface area contributed by atoms with Crippen LogP contribution < -0.4 is 9.64 Å². The minimum absolute atomic E-state index is 0.0173. The van der Waals surface area contributed by atoms with E-state index < -0.39 is 0 Å². The molecule has 6 nitrogen and oxygen atoms in total. The summed E-state index contributed by atoms with van der Waals surface area (Å²) in [5, 5.41) is 0. The number of aromatic nitrogens is 2. The Bertz CT molecular complexity index is 992. The fraction of sp³-hybridized carbons (Fsp3) is 0.333. The van der Waals surface area contributed by atoms with Crippen LogP contribution in [0.15, 0.2) is 42.6 Å². The largest absolute Gasteiger partial charge is 0.493 e. The van der Waals surface area contributed by atoms with E-state index in [9.17, 15) is 9.18 Å². The van der Waals surface area contributed by atoms with Gasteiger partial charge in [-0.25, -0.2) is 9.37 Å². The quantitative estimate of drug-likeness (QED) is 0.696. The number of rotatable bonds is 4. The molecule has 3 aromatic rings. The lowest BCUT2D eigenvalue weighted by atomic mass is 10.2. The van der Waals surface area contributed by atoms with E-state index in [0.29, 0.717) is 49.7 Å². The second kappa shape index (κ2) is 7.50. The van der Waals surface area contributed by atoms with Gasteiger partial charge in [0.1, 0.15) is 11.5 Å². The maximum absolute atomic E-state index is 13.3. The molecule has 7 heteroatoms. The first-order valence-corrected chi connectivity index (χ1v) is 9.46. The van der Waals surface area contributed by atoms with Crippen molar-refractivity contribution >= 4 is 17.2 Å². The minimum atomic E-state index is -0.243. The molecule has 3 heterocycles. The zero-order chi connectivity index (χ0) is 19.7. The van der Waals surface area contributed by atoms with Crippen LogP contribution in [0.25, 0.3) is 5.65 Å². The number of halogens is 1. The number of benzene rings is 1. The number of hydrogen-bond acceptors (Lipinski definition) is 4. The van der Waals surface area contributed by atoms with Gasteiger partial charge in [0.15, 0.2) is 11.4 Å². The highest BCUT2D eigenvalue weighted by Gasteiger charge is 2.27. The zero-order valence-electron chi connectivity index (χ0n) is 16.1. The molecule has 0 atom stereocenters. The molecule has 0 saturated carbocycles. The van der Waals surface area contributed by atoms with Crippen molar-refractivity contribution in [3.05, 3.63) is 59.8 Å². The number of hydrogen-bond donors (Lipinski definition) is 0. The van der Waals surface area contributed by atoms with Crippen LogP contribution in [0.4, 0.5) is 10.1 Å². The topological polar surface area (TPSA) is 50.1 Å². The van der Waals surface area contributed by atoms with Gasteiger partial charge in [-0.2, -0.15) is 0 Å². The molecule has 0 spiro atoms. The van der Waals surface area contributed by atoms with Gasteiger partial charge >= 0.3 is 0 Å². The van der Waals surface area contributed by atoms with Crippen molar-refractivity contribution in [3.8, 4) is 5.75 Å². The van der Waals surface area contributed by atoms with Gasteiger partial charge in [0.05, 0.1) is 12.8 Å². The van der Waals surface area contributed by atoms with E-state index in [-0.39, 0.29) is 11.7 Å². The van der Waals surface area contributed by atoms with Crippen molar-refractivity contribution in [2.45, 2.75) is 13.3 Å². The highest BCUT2D eigenvalue weighted by molar-refractivity contribution is 5.95. The third kappa shape index (κ3) is 3.17. The summed E-state index contributed by atoms with van der Waals surface area (Å²) in [5.74, 6) is 0.390. The first-order valence-electron chi connectivity index (χ1n) is 9.46. The van der Waals surface area contributed by atoms with E-state index in [4.69, 9.17) is 4.74 Å². The fourth-order valence-electron chi connectivity index (χ4n) is 3.69. The van der Waals surface area contributed by atoms with E-state index in [1.807, 2.05) is 34.6 Å². The predicted octanol–water partition coefficient (Wildman–Crippen LogP) is 3.01. The van der Waals surface area contributed by atoms with Crippen LogP contribution >= 0.6 is 0 Å². The molecule has 0 aliphatic carbocycles. The van der Waals surface area contributed by atoms with Crippen molar-refractivity contribution in [2.75, 3.05) is 38.2 Å². The number of fused-ring (bicyclic) bond motifs is 1. The number of pyridine rings is 1. The lowest BCUT2D eigenvalue weighted by Gasteiger charge is -2.36. The SMILES string of the molecule is CCc1nc2c(OC)cccn2c1C(=O)N1CCN(c2ccc(F)cc2)CC1. The van der Waals surface area contributed by atoms with Crippen LogP contribution in [0.3, 0.4) is 0 Å². The zero-order valence-corrected chi connectivity index (χ0v) is 16.1. The average molecular weight is 382 g/mol. The maximum Gasteiger partial charge on any atom is 0.272 e. The number of methoxy groups -OCH3 is 1. The van der Waals surface area contributed by atoms with Crippen LogP contribution in [-0.4, -0.2) is 53.5 Å². The molecular formula is C21H23FN4O2. The maximum atomic E-state index is 13.3. The average Bonchev–Trinajstić information content (AvgIpc) is 3.12. The Balaban J connectivity index is 1.56. The molecule has 28 heavy (non-hydrogen) atoms. The number of aryl methyl sites for hydroxylation is 1. The Morgan fingerprint density at radius 3 is 2.50 bits per heavy atom. The predicted molar refractivity (Wildman–Crippen MR) is 106 cm³/mol. The third-order valence-electron chi connectivity index (χ3n) is 5.20. The van der Waals surface area contributed by atoms with Gasteiger partial charge in [0.2, 0.25) is 0 Å². The smallest absolute Gasteiger partial charge is 0.272 e. The van der Waals surface area contributed by atoms with Crippen molar-refractivity contribution in [1.82, 2.24) is 14.3 Å². The highest BCUT2D eigenvalue weighted by atomic mass is 19.1. The van der Waals surface area contributed by atoms with Crippen LogP contribution in [0.2, 0.25) is 0 Å². The van der Waals surface area contributed by atoms with Crippen LogP contribution in [-0.2, 0) is 6.42 Å². The minimum Gasteiger partial charge on any atom is -0.493 e. The standard InChI is InChI=1S/C21H23FN4O2/c1-3-17-19(26-10-4-5-18(28-2)20(26)23-17)21(27)25-13-11-24(12-14-25)16-8-6-15(22)7-9-16/h4-10H,3,11-14H2,1-2H3. The van der Waals surface area contributed by atoms with Gasteiger partial charge in [-0.15, -0.1) is 0 Å². The van der Waals surface area contributed by atoms with Gasteiger partial charge < -0.3 is 14.5 Å². The molecule has 1 saturated heterocycles. The van der Waals surface area contributed by atoms with Crippen molar-refractivity contribution < 1.29 is 13.9 Å². The third-order valence-corrected chi connectivity index (χ3v) is 5.20. The van der Waals surface area contributed by atoms with Gasteiger partial charge in [-0.1, -0.05) is 6.92 Å². The number of ether oxygens (including phenoxy) is 1. The Kier molecular flexibility index (Phi) is 4.90. The van der Waals surface area contributed by atoms with Crippen LogP contribution in [0.5, 0.6) is 5.75 Å². The molecule has 1 aliphatic heterocycles. The number of piperazine rings is 1. The molecular weight excluding hydrogens is 359 g/mol. The normalized spacial score (nSPS) is 14.5. The summed E-state index contributed by atoms with van der Waals surface area (Å²) in [4.78, 5) is 22.0. The lowest BCUT2D eigenvalue weighted by Crippen LogP contribution is -2.49. The molecule has 1 aromatic carbocycles. The number of carbonyl (C=O) groups is 1. The first-order chi connectivity index (χ1) is 13.6. The Labute approximate surface area is 163 Å². The lowest BCUT2D eigenvalue weighted by molar-refractivity contribution is 0.0738. The summed E-state index contributed by atoms with van der Waals surface area (Å²) in [6.45, 7) is 4.63. The fourth-order valence-corrected chi connectivity index (χ4v) is 3.69. The molecule has 0 bridgehead atoms. The first kappa shape index (κ1) is 18.3. The molecule has 0 unspecified atom stereocenters. The van der Waals surface area contributed by atoms with Crippen molar-refractivity contribution in [1.29, 1.82) is 0 Å². The second-order valence-corrected chi connectivity index (χ2v) is 6.79.